The minimum Gasteiger partial charge on any atom is -0.371 e. The summed E-state index contributed by atoms with van der Waals surface area (Å²) in [6.07, 6.45) is -0.826. The molecule has 0 aliphatic carbocycles. The molecule has 1 N–H and O–H groups in total. The third kappa shape index (κ3) is 2.53. The van der Waals surface area contributed by atoms with E-state index in [2.05, 4.69) is 0 Å². The number of rotatable bonds is 2. The summed E-state index contributed by atoms with van der Waals surface area (Å²) < 4.78 is 0. The Balaban J connectivity index is 1.87. The van der Waals surface area contributed by atoms with Gasteiger partial charge in [0.2, 0.25) is 0 Å². The number of thiocarbonyl (C=S) groups is 1. The first-order valence-electron chi connectivity index (χ1n) is 6.61. The van der Waals surface area contributed by atoms with Gasteiger partial charge in [0.15, 0.2) is 11.3 Å². The highest BCUT2D eigenvalue weighted by Gasteiger charge is 2.37. The molecule has 1 aliphatic heterocycles. The van der Waals surface area contributed by atoms with Crippen molar-refractivity contribution in [3.05, 3.63) is 66.2 Å². The van der Waals surface area contributed by atoms with Crippen LogP contribution < -0.4 is 4.90 Å². The zero-order chi connectivity index (χ0) is 14.8. The third-order valence-electron chi connectivity index (χ3n) is 3.38. The highest BCUT2D eigenvalue weighted by Crippen LogP contribution is 2.24. The van der Waals surface area contributed by atoms with Crippen LogP contribution in [0.15, 0.2) is 60.7 Å². The number of carbonyl (C=O) groups excluding carboxylic acids is 1. The minimum absolute atomic E-state index is 0.168. The fraction of sp³-hybridized carbons (Fsp3) is 0.125. The molecule has 0 unspecified atom stereocenters. The number of aliphatic hydroxyl groups excluding tert-OH is 1. The predicted octanol–water partition coefficient (Wildman–Crippen LogP) is 2.25. The molecule has 0 aromatic heterocycles. The van der Waals surface area contributed by atoms with E-state index < -0.39 is 6.23 Å². The number of β-amino-alcohol motifs (C(OH)–C–C–N with tert-alkyl or cyclic N) is 1. The van der Waals surface area contributed by atoms with Crippen molar-refractivity contribution in [1.29, 1.82) is 0 Å². The number of benzene rings is 2. The molecule has 1 heterocycles. The largest absolute Gasteiger partial charge is 0.371 e. The molecule has 1 saturated heterocycles. The van der Waals surface area contributed by atoms with Gasteiger partial charge in [0.1, 0.15) is 0 Å². The van der Waals surface area contributed by atoms with Gasteiger partial charge in [0.25, 0.3) is 5.91 Å². The number of para-hydroxylation sites is 1. The molecule has 0 radical (unpaired) electrons. The van der Waals surface area contributed by atoms with Crippen LogP contribution in [0.1, 0.15) is 10.4 Å². The van der Waals surface area contributed by atoms with Crippen LogP contribution in [-0.2, 0) is 0 Å². The molecule has 1 aliphatic rings. The number of carbonyl (C=O) groups is 1. The highest BCUT2D eigenvalue weighted by atomic mass is 32.1. The molecule has 0 bridgehead atoms. The van der Waals surface area contributed by atoms with Crippen molar-refractivity contribution in [1.82, 2.24) is 4.90 Å². The topological polar surface area (TPSA) is 43.8 Å². The Bertz CT molecular complexity index is 660. The Morgan fingerprint density at radius 3 is 2.24 bits per heavy atom. The second-order valence-corrected chi connectivity index (χ2v) is 5.12. The summed E-state index contributed by atoms with van der Waals surface area (Å²) in [6, 6.07) is 18.3. The van der Waals surface area contributed by atoms with Gasteiger partial charge in [0, 0.05) is 11.3 Å². The Labute approximate surface area is 128 Å². The molecular weight excluding hydrogens is 284 g/mol. The van der Waals surface area contributed by atoms with Gasteiger partial charge in [-0.15, -0.1) is 0 Å². The molecule has 2 aromatic rings. The zero-order valence-corrected chi connectivity index (χ0v) is 12.0. The number of nitrogens with zero attached hydrogens (tertiary/aromatic N) is 2. The van der Waals surface area contributed by atoms with Crippen molar-refractivity contribution in [2.45, 2.75) is 6.23 Å². The number of aliphatic hydroxyl groups is 1. The van der Waals surface area contributed by atoms with E-state index in [1.165, 1.54) is 4.90 Å². The predicted molar refractivity (Wildman–Crippen MR) is 85.0 cm³/mol. The van der Waals surface area contributed by atoms with Crippen LogP contribution in [0.4, 0.5) is 5.69 Å². The fourth-order valence-electron chi connectivity index (χ4n) is 2.36. The van der Waals surface area contributed by atoms with E-state index in [4.69, 9.17) is 12.2 Å². The third-order valence-corrected chi connectivity index (χ3v) is 3.80. The first-order valence-corrected chi connectivity index (χ1v) is 7.02. The molecule has 3 rings (SSSR count). The van der Waals surface area contributed by atoms with Gasteiger partial charge >= 0.3 is 0 Å². The average Bonchev–Trinajstić information content (AvgIpc) is 2.83. The maximum Gasteiger partial charge on any atom is 0.260 e. The molecule has 0 spiro atoms. The van der Waals surface area contributed by atoms with Gasteiger partial charge in [-0.3, -0.25) is 14.6 Å². The van der Waals surface area contributed by atoms with E-state index in [0.29, 0.717) is 10.7 Å². The Kier molecular flexibility index (Phi) is 3.68. The fourth-order valence-corrected chi connectivity index (χ4v) is 2.74. The summed E-state index contributed by atoms with van der Waals surface area (Å²) >= 11 is 5.37. The lowest BCUT2D eigenvalue weighted by molar-refractivity contribution is 0.0821. The van der Waals surface area contributed by atoms with E-state index >= 15 is 0 Å². The lowest BCUT2D eigenvalue weighted by atomic mass is 10.2. The van der Waals surface area contributed by atoms with Crippen LogP contribution in [0.5, 0.6) is 0 Å². The zero-order valence-electron chi connectivity index (χ0n) is 11.2. The Hall–Kier alpha value is -2.24. The van der Waals surface area contributed by atoms with E-state index in [1.54, 1.807) is 29.2 Å². The van der Waals surface area contributed by atoms with Gasteiger partial charge in [-0.2, -0.15) is 0 Å². The van der Waals surface area contributed by atoms with Gasteiger partial charge in [0.05, 0.1) is 6.54 Å². The number of hydrogen-bond donors (Lipinski definition) is 1. The molecular formula is C16H14N2O2S. The second kappa shape index (κ2) is 5.63. The van der Waals surface area contributed by atoms with Crippen LogP contribution in [0.2, 0.25) is 0 Å². The molecule has 1 fully saturated rings. The van der Waals surface area contributed by atoms with Crippen LogP contribution in [0, 0.1) is 0 Å². The summed E-state index contributed by atoms with van der Waals surface area (Å²) in [5.74, 6) is -0.196. The van der Waals surface area contributed by atoms with Crippen LogP contribution >= 0.6 is 12.2 Å². The molecule has 0 saturated carbocycles. The molecule has 2 aromatic carbocycles. The molecule has 21 heavy (non-hydrogen) atoms. The maximum atomic E-state index is 12.5. The number of anilines is 1. The van der Waals surface area contributed by atoms with E-state index in [1.807, 2.05) is 36.4 Å². The Morgan fingerprint density at radius 1 is 1.05 bits per heavy atom. The normalized spacial score (nSPS) is 18.1. The van der Waals surface area contributed by atoms with Gasteiger partial charge in [-0.1, -0.05) is 36.4 Å². The summed E-state index contributed by atoms with van der Waals surface area (Å²) in [5.41, 5.74) is 1.33. The lowest BCUT2D eigenvalue weighted by Gasteiger charge is -2.22. The van der Waals surface area contributed by atoms with Gasteiger partial charge in [-0.25, -0.2) is 0 Å². The first kappa shape index (κ1) is 13.7. The monoisotopic (exact) mass is 298 g/mol. The SMILES string of the molecule is O=C(c1ccccc1)N1C[C@@H](O)N(c2ccccc2)C1=S. The first-order chi connectivity index (χ1) is 10.2. The van der Waals surface area contributed by atoms with E-state index in [9.17, 15) is 9.90 Å². The molecule has 4 nitrogen and oxygen atoms in total. The summed E-state index contributed by atoms with van der Waals surface area (Å²) in [7, 11) is 0. The van der Waals surface area contributed by atoms with Crippen LogP contribution in [-0.4, -0.2) is 33.8 Å². The molecule has 1 amide bonds. The van der Waals surface area contributed by atoms with Gasteiger partial charge in [-0.05, 0) is 36.5 Å². The van der Waals surface area contributed by atoms with E-state index in [-0.39, 0.29) is 12.5 Å². The highest BCUT2D eigenvalue weighted by molar-refractivity contribution is 7.80. The quantitative estimate of drug-likeness (QED) is 0.864. The van der Waals surface area contributed by atoms with Crippen molar-refractivity contribution in [2.75, 3.05) is 11.4 Å². The van der Waals surface area contributed by atoms with E-state index in [0.717, 1.165) is 5.69 Å². The van der Waals surface area contributed by atoms with Crippen LogP contribution in [0.3, 0.4) is 0 Å². The molecule has 1 atom stereocenters. The number of hydrogen-bond acceptors (Lipinski definition) is 3. The molecule has 5 heteroatoms. The summed E-state index contributed by atoms with van der Waals surface area (Å²) in [4.78, 5) is 15.5. The van der Waals surface area contributed by atoms with Crippen LogP contribution in [0.25, 0.3) is 0 Å². The second-order valence-electron chi connectivity index (χ2n) is 4.75. The summed E-state index contributed by atoms with van der Waals surface area (Å²) in [6.45, 7) is 0.168. The minimum atomic E-state index is -0.826. The van der Waals surface area contributed by atoms with Crippen molar-refractivity contribution in [3.63, 3.8) is 0 Å². The maximum absolute atomic E-state index is 12.5. The van der Waals surface area contributed by atoms with Gasteiger partial charge < -0.3 is 5.11 Å². The smallest absolute Gasteiger partial charge is 0.260 e. The van der Waals surface area contributed by atoms with Crippen molar-refractivity contribution >= 4 is 28.9 Å². The molecule has 106 valence electrons. The van der Waals surface area contributed by atoms with Crippen molar-refractivity contribution < 1.29 is 9.90 Å². The standard InChI is InChI=1S/C16H14N2O2S/c19-14-11-17(15(20)12-7-3-1-4-8-12)16(21)18(14)13-9-5-2-6-10-13/h1-10,14,19H,11H2/t14-/m1/s1. The summed E-state index contributed by atoms with van der Waals surface area (Å²) in [5, 5.41) is 10.5. The number of amides is 1. The average molecular weight is 298 g/mol. The van der Waals surface area contributed by atoms with Crippen molar-refractivity contribution in [2.24, 2.45) is 0 Å². The lowest BCUT2D eigenvalue weighted by Crippen LogP contribution is -2.37. The van der Waals surface area contributed by atoms with Crippen molar-refractivity contribution in [3.8, 4) is 0 Å². The Morgan fingerprint density at radius 2 is 1.62 bits per heavy atom.